The molecule has 10 heteroatoms. The van der Waals surface area contributed by atoms with Gasteiger partial charge in [0.2, 0.25) is 6.79 Å². The van der Waals surface area contributed by atoms with E-state index in [-0.39, 0.29) is 30.2 Å². The fourth-order valence-electron chi connectivity index (χ4n) is 4.41. The van der Waals surface area contributed by atoms with Gasteiger partial charge in [0.05, 0.1) is 18.0 Å². The van der Waals surface area contributed by atoms with Gasteiger partial charge in [0.25, 0.3) is 11.5 Å². The maximum atomic E-state index is 13.6. The first-order valence-corrected chi connectivity index (χ1v) is 12.7. The first-order chi connectivity index (χ1) is 19.1. The van der Waals surface area contributed by atoms with Crippen molar-refractivity contribution in [2.45, 2.75) is 18.9 Å². The van der Waals surface area contributed by atoms with E-state index in [1.54, 1.807) is 54.6 Å². The number of carbonyl (C=O) groups is 1. The van der Waals surface area contributed by atoms with Gasteiger partial charge in [-0.2, -0.15) is 9.78 Å². The van der Waals surface area contributed by atoms with Crippen molar-refractivity contribution in [3.05, 3.63) is 94.9 Å². The van der Waals surface area contributed by atoms with E-state index in [1.165, 1.54) is 10.9 Å². The first-order valence-electron chi connectivity index (χ1n) is 12.7. The quantitative estimate of drug-likeness (QED) is 0.347. The lowest BCUT2D eigenvalue weighted by Gasteiger charge is -2.15. The third-order valence-electron chi connectivity index (χ3n) is 6.45. The molecule has 39 heavy (non-hydrogen) atoms. The summed E-state index contributed by atoms with van der Waals surface area (Å²) in [6, 6.07) is 21.1. The molecule has 0 spiro atoms. The Balaban J connectivity index is 1.26. The molecule has 0 radical (unpaired) electrons. The number of hydrogen-bond donors (Lipinski definition) is 2. The number of nitrogens with one attached hydrogen (secondary N) is 2. The van der Waals surface area contributed by atoms with Gasteiger partial charge in [0, 0.05) is 30.5 Å². The summed E-state index contributed by atoms with van der Waals surface area (Å²) in [6.45, 7) is 1.36. The van der Waals surface area contributed by atoms with Crippen LogP contribution in [-0.2, 0) is 4.74 Å². The fourth-order valence-corrected chi connectivity index (χ4v) is 4.41. The maximum absolute atomic E-state index is 13.6. The zero-order chi connectivity index (χ0) is 26.6. The standard InChI is InChI=1S/C29H26N4O6/c34-28(30-16-23-7-4-14-36-23)19-8-10-20(11-9-19)32-27-26(39-22-12-13-24-25(15-22)38-18-37-24)17-31-33(29(27)35)21-5-2-1-3-6-21/h1-3,5-6,8-13,15,17,23,32H,4,7,14,16,18H2,(H,30,34). The largest absolute Gasteiger partial charge is 0.454 e. The van der Waals surface area contributed by atoms with E-state index in [9.17, 15) is 9.59 Å². The molecule has 1 saturated heterocycles. The highest BCUT2D eigenvalue weighted by Gasteiger charge is 2.19. The van der Waals surface area contributed by atoms with Gasteiger partial charge in [-0.3, -0.25) is 9.59 Å². The summed E-state index contributed by atoms with van der Waals surface area (Å²) in [6.07, 6.45) is 3.51. The van der Waals surface area contributed by atoms with Crippen LogP contribution in [0.3, 0.4) is 0 Å². The molecular formula is C29H26N4O6. The van der Waals surface area contributed by atoms with Crippen molar-refractivity contribution in [1.29, 1.82) is 0 Å². The number of carbonyl (C=O) groups excluding carboxylic acids is 1. The highest BCUT2D eigenvalue weighted by atomic mass is 16.7. The molecule has 2 N–H and O–H groups in total. The zero-order valence-electron chi connectivity index (χ0n) is 21.0. The molecule has 1 unspecified atom stereocenters. The van der Waals surface area contributed by atoms with Crippen molar-refractivity contribution in [2.24, 2.45) is 0 Å². The van der Waals surface area contributed by atoms with Gasteiger partial charge in [-0.25, -0.2) is 0 Å². The molecule has 0 saturated carbocycles. The van der Waals surface area contributed by atoms with E-state index >= 15 is 0 Å². The Labute approximate surface area is 224 Å². The molecule has 3 aromatic carbocycles. The lowest BCUT2D eigenvalue weighted by atomic mass is 10.1. The van der Waals surface area contributed by atoms with E-state index in [2.05, 4.69) is 15.7 Å². The topological polar surface area (TPSA) is 113 Å². The molecular weight excluding hydrogens is 500 g/mol. The lowest BCUT2D eigenvalue weighted by Crippen LogP contribution is -2.31. The van der Waals surface area contributed by atoms with Crippen LogP contribution in [0.5, 0.6) is 23.0 Å². The van der Waals surface area contributed by atoms with Crippen LogP contribution in [0.15, 0.2) is 83.8 Å². The van der Waals surface area contributed by atoms with E-state index in [4.69, 9.17) is 18.9 Å². The minimum Gasteiger partial charge on any atom is -0.454 e. The Hall–Kier alpha value is -4.83. The monoisotopic (exact) mass is 526 g/mol. The summed E-state index contributed by atoms with van der Waals surface area (Å²) >= 11 is 0. The third-order valence-corrected chi connectivity index (χ3v) is 6.45. The van der Waals surface area contributed by atoms with Crippen LogP contribution < -0.4 is 30.4 Å². The van der Waals surface area contributed by atoms with Gasteiger partial charge in [-0.05, 0) is 61.4 Å². The number of fused-ring (bicyclic) bond motifs is 1. The second kappa shape index (κ2) is 10.9. The lowest BCUT2D eigenvalue weighted by molar-refractivity contribution is 0.0858. The fraction of sp³-hybridized carbons (Fsp3) is 0.207. The van der Waals surface area contributed by atoms with Gasteiger partial charge >= 0.3 is 0 Å². The summed E-state index contributed by atoms with van der Waals surface area (Å²) in [5, 5.41) is 10.4. The Morgan fingerprint density at radius 3 is 2.64 bits per heavy atom. The van der Waals surface area contributed by atoms with Crippen molar-refractivity contribution < 1.29 is 23.7 Å². The minimum atomic E-state index is -0.405. The summed E-state index contributed by atoms with van der Waals surface area (Å²) in [5.41, 5.74) is 1.49. The van der Waals surface area contributed by atoms with E-state index in [0.29, 0.717) is 40.7 Å². The van der Waals surface area contributed by atoms with E-state index in [0.717, 1.165) is 19.4 Å². The molecule has 2 aliphatic heterocycles. The number of benzene rings is 3. The van der Waals surface area contributed by atoms with Crippen LogP contribution in [0.25, 0.3) is 5.69 Å². The van der Waals surface area contributed by atoms with Gasteiger partial charge < -0.3 is 29.6 Å². The number of amides is 1. The van der Waals surface area contributed by atoms with Crippen molar-refractivity contribution in [1.82, 2.24) is 15.1 Å². The number of hydrogen-bond acceptors (Lipinski definition) is 8. The Kier molecular flexibility index (Phi) is 6.84. The van der Waals surface area contributed by atoms with Gasteiger partial charge in [-0.15, -0.1) is 0 Å². The highest BCUT2D eigenvalue weighted by Crippen LogP contribution is 2.37. The third kappa shape index (κ3) is 5.41. The number of anilines is 2. The number of ether oxygens (including phenoxy) is 4. The molecule has 6 rings (SSSR count). The molecule has 198 valence electrons. The van der Waals surface area contributed by atoms with Gasteiger partial charge in [0.1, 0.15) is 5.75 Å². The molecule has 1 amide bonds. The number of aromatic nitrogens is 2. The average Bonchev–Trinajstić information content (AvgIpc) is 3.67. The molecule has 1 aromatic heterocycles. The number of para-hydroxylation sites is 1. The highest BCUT2D eigenvalue weighted by molar-refractivity contribution is 5.94. The molecule has 0 aliphatic carbocycles. The van der Waals surface area contributed by atoms with Crippen LogP contribution in [0, 0.1) is 0 Å². The predicted molar refractivity (Wildman–Crippen MR) is 144 cm³/mol. The Bertz CT molecular complexity index is 1530. The van der Waals surface area contributed by atoms with Crippen molar-refractivity contribution in [2.75, 3.05) is 25.3 Å². The van der Waals surface area contributed by atoms with E-state index in [1.807, 2.05) is 18.2 Å². The van der Waals surface area contributed by atoms with Crippen molar-refractivity contribution >= 4 is 17.3 Å². The molecule has 4 aromatic rings. The second-order valence-electron chi connectivity index (χ2n) is 9.10. The molecule has 1 fully saturated rings. The maximum Gasteiger partial charge on any atom is 0.299 e. The summed E-state index contributed by atoms with van der Waals surface area (Å²) in [4.78, 5) is 26.2. The van der Waals surface area contributed by atoms with Gasteiger partial charge in [-0.1, -0.05) is 18.2 Å². The first kappa shape index (κ1) is 24.5. The smallest absolute Gasteiger partial charge is 0.299 e. The molecule has 1 atom stereocenters. The normalized spacial score (nSPS) is 15.6. The SMILES string of the molecule is O=C(NCC1CCCO1)c1ccc(Nc2c(Oc3ccc4c(c3)OCO4)cnn(-c3ccccc3)c2=O)cc1. The number of rotatable bonds is 8. The van der Waals surface area contributed by atoms with E-state index < -0.39 is 5.56 Å². The summed E-state index contributed by atoms with van der Waals surface area (Å²) in [5.74, 6) is 1.68. The van der Waals surface area contributed by atoms with Crippen LogP contribution in [0.2, 0.25) is 0 Å². The molecule has 0 bridgehead atoms. The molecule has 2 aliphatic rings. The predicted octanol–water partition coefficient (Wildman–Crippen LogP) is 4.41. The van der Waals surface area contributed by atoms with Crippen LogP contribution >= 0.6 is 0 Å². The Morgan fingerprint density at radius 1 is 1.03 bits per heavy atom. The van der Waals surface area contributed by atoms with Crippen LogP contribution in [0.4, 0.5) is 11.4 Å². The van der Waals surface area contributed by atoms with Crippen LogP contribution in [0.1, 0.15) is 23.2 Å². The minimum absolute atomic E-state index is 0.0662. The summed E-state index contributed by atoms with van der Waals surface area (Å²) < 4.78 is 23.7. The van der Waals surface area contributed by atoms with Gasteiger partial charge in [0.15, 0.2) is 22.9 Å². The molecule has 3 heterocycles. The average molecular weight is 527 g/mol. The van der Waals surface area contributed by atoms with Crippen LogP contribution in [-0.4, -0.2) is 41.7 Å². The van der Waals surface area contributed by atoms with Crippen molar-refractivity contribution in [3.8, 4) is 28.7 Å². The van der Waals surface area contributed by atoms with Crippen molar-refractivity contribution in [3.63, 3.8) is 0 Å². The second-order valence-corrected chi connectivity index (χ2v) is 9.10. The zero-order valence-corrected chi connectivity index (χ0v) is 21.0. The Morgan fingerprint density at radius 2 is 1.85 bits per heavy atom. The number of nitrogens with zero attached hydrogens (tertiary/aromatic N) is 2. The molecule has 10 nitrogen and oxygen atoms in total. The summed E-state index contributed by atoms with van der Waals surface area (Å²) in [7, 11) is 0.